The fraction of sp³-hybridized carbons (Fsp3) is 0.481. The molecule has 0 bridgehead atoms. The lowest BCUT2D eigenvalue weighted by atomic mass is 9.79. The van der Waals surface area contributed by atoms with Crippen molar-refractivity contribution in [3.8, 4) is 5.75 Å². The quantitative estimate of drug-likeness (QED) is 0.214. The van der Waals surface area contributed by atoms with Gasteiger partial charge in [-0.2, -0.15) is 11.3 Å². The molecule has 0 unspecified atom stereocenters. The molecule has 3 atom stereocenters. The maximum atomic E-state index is 15.4. The number of aliphatic carboxylic acids is 1. The predicted molar refractivity (Wildman–Crippen MR) is 141 cm³/mol. The van der Waals surface area contributed by atoms with E-state index in [0.29, 0.717) is 24.2 Å². The molecular weight excluding hydrogens is 483 g/mol. The maximum Gasteiger partial charge on any atom is 0.303 e. The van der Waals surface area contributed by atoms with E-state index >= 15 is 4.39 Å². The van der Waals surface area contributed by atoms with Crippen molar-refractivity contribution in [2.45, 2.75) is 43.2 Å². The van der Waals surface area contributed by atoms with Gasteiger partial charge in [0.15, 0.2) is 0 Å². The number of benzene rings is 1. The van der Waals surface area contributed by atoms with E-state index < -0.39 is 12.1 Å². The Bertz CT molecular complexity index is 1100. The third-order valence-electron chi connectivity index (χ3n) is 6.91. The van der Waals surface area contributed by atoms with Gasteiger partial charge in [-0.15, -0.1) is 11.8 Å². The monoisotopic (exact) mass is 516 g/mol. The number of thioether (sulfide) groups is 1. The number of nitrogens with zero attached hydrogens (tertiary/aromatic N) is 2. The van der Waals surface area contributed by atoms with E-state index in [1.807, 2.05) is 30.0 Å². The summed E-state index contributed by atoms with van der Waals surface area (Å²) in [7, 11) is 1.60. The number of rotatable bonds is 12. The van der Waals surface area contributed by atoms with Crippen LogP contribution < -0.4 is 4.74 Å². The van der Waals surface area contributed by atoms with Crippen molar-refractivity contribution < 1.29 is 19.0 Å². The number of methoxy groups -OCH3 is 1. The number of alkyl halides is 1. The molecule has 0 radical (unpaired) electrons. The SMILES string of the molecule is COc1ccc2nccc([C@@H](F)CC[C@@H]3CCN(CCCSc4ccsc4)C[C@@H]3CC(=O)O)c2c1. The van der Waals surface area contributed by atoms with Gasteiger partial charge in [-0.3, -0.25) is 9.78 Å². The van der Waals surface area contributed by atoms with Crippen LogP contribution in [-0.4, -0.2) is 53.5 Å². The molecule has 8 heteroatoms. The first-order valence-electron chi connectivity index (χ1n) is 12.2. The van der Waals surface area contributed by atoms with Crippen LogP contribution in [0.4, 0.5) is 4.39 Å². The van der Waals surface area contributed by atoms with Crippen molar-refractivity contribution in [2.24, 2.45) is 11.8 Å². The fourth-order valence-corrected chi connectivity index (χ4v) is 6.78. The number of piperidine rings is 1. The van der Waals surface area contributed by atoms with Crippen molar-refractivity contribution in [2.75, 3.05) is 32.5 Å². The molecular formula is C27H33FN2O3S2. The number of thiophene rings is 1. The summed E-state index contributed by atoms with van der Waals surface area (Å²) in [5.41, 5.74) is 1.38. The summed E-state index contributed by atoms with van der Waals surface area (Å²) in [4.78, 5) is 19.6. The number of halogens is 1. The number of hydrogen-bond donors (Lipinski definition) is 1. The van der Waals surface area contributed by atoms with Gasteiger partial charge in [-0.25, -0.2) is 4.39 Å². The van der Waals surface area contributed by atoms with Crippen LogP contribution in [0.1, 0.15) is 43.8 Å². The number of likely N-dealkylation sites (tertiary alicyclic amines) is 1. The molecule has 1 saturated heterocycles. The number of pyridine rings is 1. The largest absolute Gasteiger partial charge is 0.497 e. The van der Waals surface area contributed by atoms with Gasteiger partial charge < -0.3 is 14.7 Å². The summed E-state index contributed by atoms with van der Waals surface area (Å²) < 4.78 is 20.8. The Balaban J connectivity index is 1.32. The number of fused-ring (bicyclic) bond motifs is 1. The molecule has 1 N–H and O–H groups in total. The number of hydrogen-bond acceptors (Lipinski definition) is 6. The molecule has 3 heterocycles. The highest BCUT2D eigenvalue weighted by molar-refractivity contribution is 7.99. The molecule has 3 aromatic rings. The molecule has 1 aromatic carbocycles. The summed E-state index contributed by atoms with van der Waals surface area (Å²) >= 11 is 3.59. The number of ether oxygens (including phenoxy) is 1. The highest BCUT2D eigenvalue weighted by Gasteiger charge is 2.31. The standard InChI is InChI=1S/C27H33FN2O3S2/c1-33-21-4-6-26-24(16-21)23(7-10-29-26)25(28)5-3-19-8-12-30(17-20(19)15-27(31)32)11-2-13-35-22-9-14-34-18-22/h4,6-7,9-10,14,16,18-20,25H,2-3,5,8,11-13,15,17H2,1H3,(H,31,32)/t19-,20+,25+/m1/s1. The Hall–Kier alpha value is -2.16. The van der Waals surface area contributed by atoms with Crippen LogP contribution in [0, 0.1) is 11.8 Å². The summed E-state index contributed by atoms with van der Waals surface area (Å²) in [6, 6.07) is 9.41. The van der Waals surface area contributed by atoms with Crippen LogP contribution in [0.3, 0.4) is 0 Å². The highest BCUT2D eigenvalue weighted by atomic mass is 32.2. The van der Waals surface area contributed by atoms with Crippen molar-refractivity contribution in [1.82, 2.24) is 9.88 Å². The van der Waals surface area contributed by atoms with E-state index in [1.165, 1.54) is 4.90 Å². The molecule has 0 spiro atoms. The molecule has 1 aliphatic rings. The Morgan fingerprint density at radius 3 is 3.00 bits per heavy atom. The first kappa shape index (κ1) is 25.9. The molecule has 4 rings (SSSR count). The minimum absolute atomic E-state index is 0.0623. The zero-order chi connectivity index (χ0) is 24.6. The third kappa shape index (κ3) is 7.18. The Labute approximate surface area is 214 Å². The zero-order valence-corrected chi connectivity index (χ0v) is 21.7. The van der Waals surface area contributed by atoms with Crippen LogP contribution in [0.5, 0.6) is 5.75 Å². The van der Waals surface area contributed by atoms with Crippen LogP contribution in [0.25, 0.3) is 10.9 Å². The highest BCUT2D eigenvalue weighted by Crippen LogP contribution is 2.36. The van der Waals surface area contributed by atoms with Gasteiger partial charge in [0.2, 0.25) is 0 Å². The van der Waals surface area contributed by atoms with Gasteiger partial charge in [0.25, 0.3) is 0 Å². The van der Waals surface area contributed by atoms with Crippen LogP contribution in [0.2, 0.25) is 0 Å². The Kier molecular flexibility index (Phi) is 9.40. The predicted octanol–water partition coefficient (Wildman–Crippen LogP) is 6.69. The molecule has 5 nitrogen and oxygen atoms in total. The van der Waals surface area contributed by atoms with Gasteiger partial charge in [-0.05, 0) is 97.6 Å². The van der Waals surface area contributed by atoms with Crippen molar-refractivity contribution >= 4 is 40.0 Å². The lowest BCUT2D eigenvalue weighted by molar-refractivity contribution is -0.139. The smallest absolute Gasteiger partial charge is 0.303 e. The van der Waals surface area contributed by atoms with E-state index in [-0.39, 0.29) is 18.3 Å². The number of carbonyl (C=O) groups is 1. The lowest BCUT2D eigenvalue weighted by Gasteiger charge is -2.38. The second-order valence-electron chi connectivity index (χ2n) is 9.20. The first-order chi connectivity index (χ1) is 17.0. The van der Waals surface area contributed by atoms with Gasteiger partial charge in [0.05, 0.1) is 12.6 Å². The van der Waals surface area contributed by atoms with E-state index in [2.05, 4.69) is 26.7 Å². The van der Waals surface area contributed by atoms with Crippen LogP contribution in [-0.2, 0) is 4.79 Å². The minimum Gasteiger partial charge on any atom is -0.497 e. The van der Waals surface area contributed by atoms with Crippen LogP contribution in [0.15, 0.2) is 52.2 Å². The average Bonchev–Trinajstić information content (AvgIpc) is 3.38. The fourth-order valence-electron chi connectivity index (χ4n) is 5.07. The van der Waals surface area contributed by atoms with Gasteiger partial charge in [0, 0.05) is 34.8 Å². The maximum absolute atomic E-state index is 15.4. The minimum atomic E-state index is -1.12. The summed E-state index contributed by atoms with van der Waals surface area (Å²) in [6.45, 7) is 2.72. The number of aromatic nitrogens is 1. The van der Waals surface area contributed by atoms with E-state index in [0.717, 1.165) is 49.1 Å². The summed E-state index contributed by atoms with van der Waals surface area (Å²) in [5.74, 6) is 1.27. The third-order valence-corrected chi connectivity index (χ3v) is 8.82. The molecule has 0 saturated carbocycles. The van der Waals surface area contributed by atoms with E-state index in [4.69, 9.17) is 4.74 Å². The summed E-state index contributed by atoms with van der Waals surface area (Å²) in [5, 5.41) is 14.5. The van der Waals surface area contributed by atoms with Gasteiger partial charge in [-0.1, -0.05) is 0 Å². The second kappa shape index (κ2) is 12.7. The van der Waals surface area contributed by atoms with Crippen molar-refractivity contribution in [3.63, 3.8) is 0 Å². The summed E-state index contributed by atoms with van der Waals surface area (Å²) in [6.07, 6.45) is 3.76. The topological polar surface area (TPSA) is 62.7 Å². The molecule has 1 aliphatic heterocycles. The zero-order valence-electron chi connectivity index (χ0n) is 20.1. The second-order valence-corrected chi connectivity index (χ2v) is 11.1. The Morgan fingerprint density at radius 2 is 2.23 bits per heavy atom. The first-order valence-corrected chi connectivity index (χ1v) is 14.1. The molecule has 2 aromatic heterocycles. The van der Waals surface area contributed by atoms with Gasteiger partial charge >= 0.3 is 5.97 Å². The normalized spacial score (nSPS) is 19.6. The van der Waals surface area contributed by atoms with Crippen LogP contribution >= 0.6 is 23.1 Å². The number of carboxylic acid groups (broad SMARTS) is 1. The van der Waals surface area contributed by atoms with E-state index in [9.17, 15) is 9.90 Å². The molecule has 188 valence electrons. The van der Waals surface area contributed by atoms with Gasteiger partial charge in [0.1, 0.15) is 11.9 Å². The molecule has 35 heavy (non-hydrogen) atoms. The molecule has 0 aliphatic carbocycles. The average molecular weight is 517 g/mol. The van der Waals surface area contributed by atoms with Crippen molar-refractivity contribution in [3.05, 3.63) is 52.9 Å². The molecule has 1 fully saturated rings. The lowest BCUT2D eigenvalue weighted by Crippen LogP contribution is -2.42. The van der Waals surface area contributed by atoms with Crippen molar-refractivity contribution in [1.29, 1.82) is 0 Å². The Morgan fingerprint density at radius 1 is 1.34 bits per heavy atom. The number of carboxylic acids is 1. The molecule has 0 amide bonds. The van der Waals surface area contributed by atoms with E-state index in [1.54, 1.807) is 30.7 Å².